The fourth-order valence-corrected chi connectivity index (χ4v) is 8.21. The van der Waals surface area contributed by atoms with Crippen molar-refractivity contribution in [1.82, 2.24) is 0 Å². The van der Waals surface area contributed by atoms with Crippen molar-refractivity contribution >= 4 is 43.1 Å². The summed E-state index contributed by atoms with van der Waals surface area (Å²) in [5, 5.41) is 10.4. The molecule has 0 N–H and O–H groups in total. The molecule has 200 valence electrons. The van der Waals surface area contributed by atoms with E-state index >= 15 is 0 Å². The van der Waals surface area contributed by atoms with Gasteiger partial charge >= 0.3 is 0 Å². The molecule has 2 aliphatic carbocycles. The van der Waals surface area contributed by atoms with Crippen LogP contribution in [0.1, 0.15) is 29.4 Å². The van der Waals surface area contributed by atoms with Crippen molar-refractivity contribution in [2.45, 2.75) is 18.3 Å². The quantitative estimate of drug-likeness (QED) is 0.150. The molecule has 0 amide bonds. The molecule has 2 atom stereocenters. The summed E-state index contributed by atoms with van der Waals surface area (Å²) < 4.78 is 0. The van der Waals surface area contributed by atoms with E-state index in [1.807, 2.05) is 0 Å². The zero-order valence-corrected chi connectivity index (χ0v) is 23.7. The maximum atomic E-state index is 2.52. The molecule has 43 heavy (non-hydrogen) atoms. The molecule has 0 nitrogen and oxygen atoms in total. The van der Waals surface area contributed by atoms with Gasteiger partial charge in [-0.25, -0.2) is 0 Å². The molecule has 0 spiro atoms. The van der Waals surface area contributed by atoms with E-state index in [9.17, 15) is 0 Å². The average Bonchev–Trinajstić information content (AvgIpc) is 3.89. The molecule has 1 fully saturated rings. The third-order valence-corrected chi connectivity index (χ3v) is 10.1. The third-order valence-electron chi connectivity index (χ3n) is 10.1. The Morgan fingerprint density at radius 3 is 1.63 bits per heavy atom. The molecule has 0 heteroatoms. The Kier molecular flexibility index (Phi) is 4.71. The highest BCUT2D eigenvalue weighted by molar-refractivity contribution is 6.25. The second kappa shape index (κ2) is 8.66. The van der Waals surface area contributed by atoms with Crippen LogP contribution in [0.25, 0.3) is 76.5 Å². The maximum absolute atomic E-state index is 2.52. The molecule has 0 saturated heterocycles. The van der Waals surface area contributed by atoms with Gasteiger partial charge in [0.15, 0.2) is 0 Å². The molecule has 0 aliphatic heterocycles. The second-order valence-electron chi connectivity index (χ2n) is 12.4. The molecule has 0 bridgehead atoms. The molecule has 8 aromatic rings. The van der Waals surface area contributed by atoms with Gasteiger partial charge < -0.3 is 0 Å². The Bertz CT molecular complexity index is 2390. The standard InChI is InChI=1S/C43H28/c1-2-12-28-26(11-1)23-41(32-16-6-3-13-29(28)32)43-36-19-9-7-17-34(36)42(35-18-8-10-20-37(35)43)27-21-22-33-30-14-4-5-15-31(30)39-25-40(39)38(33)24-27/h1-24,39-40H,25H2. The minimum absolute atomic E-state index is 0.644. The van der Waals surface area contributed by atoms with Crippen LogP contribution in [0.5, 0.6) is 0 Å². The normalized spacial score (nSPS) is 16.7. The van der Waals surface area contributed by atoms with E-state index in [1.165, 1.54) is 94.0 Å². The number of hydrogen-bond donors (Lipinski definition) is 0. The van der Waals surface area contributed by atoms with Gasteiger partial charge in [0.1, 0.15) is 0 Å². The molecular weight excluding hydrogens is 516 g/mol. The number of benzene rings is 8. The van der Waals surface area contributed by atoms with Gasteiger partial charge in [0, 0.05) is 0 Å². The van der Waals surface area contributed by atoms with Crippen molar-refractivity contribution in [1.29, 1.82) is 0 Å². The number of fused-ring (bicyclic) bond motifs is 11. The van der Waals surface area contributed by atoms with Gasteiger partial charge in [0.05, 0.1) is 0 Å². The first-order chi connectivity index (χ1) is 21.3. The zero-order chi connectivity index (χ0) is 28.1. The summed E-state index contributed by atoms with van der Waals surface area (Å²) >= 11 is 0. The van der Waals surface area contributed by atoms with Crippen LogP contribution in [-0.4, -0.2) is 0 Å². The van der Waals surface area contributed by atoms with Crippen LogP contribution in [0.15, 0.2) is 146 Å². The number of hydrogen-bond acceptors (Lipinski definition) is 0. The predicted octanol–water partition coefficient (Wildman–Crippen LogP) is 11.9. The van der Waals surface area contributed by atoms with Crippen molar-refractivity contribution < 1.29 is 0 Å². The molecule has 0 aromatic heterocycles. The minimum atomic E-state index is 0.644. The SMILES string of the molecule is c1ccc2c(c1)-c1ccc(-c3c4ccccc4c(-c4cc5ccccc5c5ccccc45)c4ccccc34)cc1C1CC21. The lowest BCUT2D eigenvalue weighted by molar-refractivity contribution is 1.01. The molecular formula is C43H28. The smallest absolute Gasteiger partial charge is 0.00199 e. The highest BCUT2D eigenvalue weighted by Crippen LogP contribution is 2.62. The first kappa shape index (κ1) is 23.4. The fourth-order valence-electron chi connectivity index (χ4n) is 8.21. The van der Waals surface area contributed by atoms with Crippen LogP contribution < -0.4 is 0 Å². The van der Waals surface area contributed by atoms with Gasteiger partial charge in [0.2, 0.25) is 0 Å². The molecule has 0 radical (unpaired) electrons. The zero-order valence-electron chi connectivity index (χ0n) is 23.7. The largest absolute Gasteiger partial charge is 0.0619 e. The lowest BCUT2D eigenvalue weighted by atomic mass is 9.81. The van der Waals surface area contributed by atoms with Gasteiger partial charge in [-0.1, -0.05) is 140 Å². The summed E-state index contributed by atoms with van der Waals surface area (Å²) in [4.78, 5) is 0. The van der Waals surface area contributed by atoms with Gasteiger partial charge in [-0.2, -0.15) is 0 Å². The predicted molar refractivity (Wildman–Crippen MR) is 183 cm³/mol. The van der Waals surface area contributed by atoms with Crippen LogP contribution >= 0.6 is 0 Å². The van der Waals surface area contributed by atoms with E-state index < -0.39 is 0 Å². The van der Waals surface area contributed by atoms with Crippen molar-refractivity contribution in [3.8, 4) is 33.4 Å². The molecule has 8 aromatic carbocycles. The molecule has 2 aliphatic rings. The summed E-state index contributed by atoms with van der Waals surface area (Å²) in [5.41, 5.74) is 11.2. The van der Waals surface area contributed by atoms with Gasteiger partial charge in [-0.3, -0.25) is 0 Å². The third kappa shape index (κ3) is 3.27. The van der Waals surface area contributed by atoms with Crippen molar-refractivity contribution in [2.24, 2.45) is 0 Å². The van der Waals surface area contributed by atoms with Crippen LogP contribution in [0, 0.1) is 0 Å². The van der Waals surface area contributed by atoms with E-state index in [-0.39, 0.29) is 0 Å². The van der Waals surface area contributed by atoms with Crippen LogP contribution in [-0.2, 0) is 0 Å². The average molecular weight is 545 g/mol. The van der Waals surface area contributed by atoms with Crippen molar-refractivity contribution in [2.75, 3.05) is 0 Å². The number of rotatable bonds is 2. The first-order valence-electron chi connectivity index (χ1n) is 15.4. The monoisotopic (exact) mass is 544 g/mol. The van der Waals surface area contributed by atoms with Gasteiger partial charge in [-0.05, 0) is 112 Å². The van der Waals surface area contributed by atoms with Crippen LogP contribution in [0.3, 0.4) is 0 Å². The summed E-state index contributed by atoms with van der Waals surface area (Å²) in [6.07, 6.45) is 1.27. The molecule has 0 heterocycles. The van der Waals surface area contributed by atoms with E-state index in [4.69, 9.17) is 0 Å². The molecule has 10 rings (SSSR count). The van der Waals surface area contributed by atoms with Gasteiger partial charge in [-0.15, -0.1) is 0 Å². The Hall–Kier alpha value is -5.20. The van der Waals surface area contributed by atoms with E-state index in [0.29, 0.717) is 11.8 Å². The van der Waals surface area contributed by atoms with Gasteiger partial charge in [0.25, 0.3) is 0 Å². The lowest BCUT2D eigenvalue weighted by Gasteiger charge is -2.22. The Balaban J connectivity index is 1.30. The summed E-state index contributed by atoms with van der Waals surface area (Å²) in [6.45, 7) is 0. The summed E-state index contributed by atoms with van der Waals surface area (Å²) in [5.74, 6) is 1.32. The Morgan fingerprint density at radius 2 is 0.884 bits per heavy atom. The minimum Gasteiger partial charge on any atom is -0.0619 e. The van der Waals surface area contributed by atoms with Crippen molar-refractivity contribution in [3.05, 3.63) is 157 Å². The second-order valence-corrected chi connectivity index (χ2v) is 12.4. The highest BCUT2D eigenvalue weighted by atomic mass is 14.5. The summed E-state index contributed by atoms with van der Waals surface area (Å²) in [6, 6.07) is 54.6. The van der Waals surface area contributed by atoms with E-state index in [1.54, 1.807) is 0 Å². The summed E-state index contributed by atoms with van der Waals surface area (Å²) in [7, 11) is 0. The fraction of sp³-hybridized carbons (Fsp3) is 0.0698. The highest BCUT2D eigenvalue weighted by Gasteiger charge is 2.45. The van der Waals surface area contributed by atoms with E-state index in [0.717, 1.165) is 0 Å². The first-order valence-corrected chi connectivity index (χ1v) is 15.4. The van der Waals surface area contributed by atoms with Crippen molar-refractivity contribution in [3.63, 3.8) is 0 Å². The molecule has 1 saturated carbocycles. The lowest BCUT2D eigenvalue weighted by Crippen LogP contribution is -2.00. The molecule has 2 unspecified atom stereocenters. The maximum Gasteiger partial charge on any atom is -0.00199 e. The Labute approximate surface area is 250 Å². The van der Waals surface area contributed by atoms with Crippen LogP contribution in [0.4, 0.5) is 0 Å². The Morgan fingerprint density at radius 1 is 0.349 bits per heavy atom. The van der Waals surface area contributed by atoms with Crippen LogP contribution in [0.2, 0.25) is 0 Å². The topological polar surface area (TPSA) is 0 Å². The van der Waals surface area contributed by atoms with E-state index in [2.05, 4.69) is 146 Å².